The van der Waals surface area contributed by atoms with E-state index in [4.69, 9.17) is 4.74 Å². The number of ether oxygens (including phenoxy) is 2. The van der Waals surface area contributed by atoms with Crippen molar-refractivity contribution in [3.05, 3.63) is 53.6 Å². The minimum atomic E-state index is -0.333. The molecule has 1 aromatic carbocycles. The Kier molecular flexibility index (Phi) is 4.17. The normalized spacial score (nSPS) is 25.1. The molecule has 2 rings (SSSR count). The lowest BCUT2D eigenvalue weighted by Crippen LogP contribution is -2.16. The molecule has 0 aromatic heterocycles. The Morgan fingerprint density at radius 2 is 2.11 bits per heavy atom. The van der Waals surface area contributed by atoms with Gasteiger partial charge < -0.3 is 9.47 Å². The SMILES string of the molecule is COC(=O)/C=C1\COCC1(C)/C=C/c1ccccc1. The maximum Gasteiger partial charge on any atom is 0.330 e. The number of hydrogen-bond acceptors (Lipinski definition) is 3. The van der Waals surface area contributed by atoms with Crippen LogP contribution in [0.4, 0.5) is 0 Å². The van der Waals surface area contributed by atoms with Crippen LogP contribution in [0.25, 0.3) is 6.08 Å². The van der Waals surface area contributed by atoms with Crippen molar-refractivity contribution in [2.45, 2.75) is 6.92 Å². The fourth-order valence-electron chi connectivity index (χ4n) is 2.04. The first-order valence-corrected chi connectivity index (χ1v) is 6.25. The average molecular weight is 258 g/mol. The lowest BCUT2D eigenvalue weighted by molar-refractivity contribution is -0.134. The van der Waals surface area contributed by atoms with Gasteiger partial charge in [-0.1, -0.05) is 42.5 Å². The molecule has 1 atom stereocenters. The third-order valence-corrected chi connectivity index (χ3v) is 3.33. The van der Waals surface area contributed by atoms with Crippen LogP contribution in [0.15, 0.2) is 48.1 Å². The predicted molar refractivity (Wildman–Crippen MR) is 74.5 cm³/mol. The molecule has 0 bridgehead atoms. The highest BCUT2D eigenvalue weighted by Crippen LogP contribution is 2.35. The van der Waals surface area contributed by atoms with E-state index in [1.165, 1.54) is 13.2 Å². The molecule has 1 aromatic rings. The van der Waals surface area contributed by atoms with Crippen LogP contribution in [0, 0.1) is 5.41 Å². The molecule has 0 radical (unpaired) electrons. The van der Waals surface area contributed by atoms with E-state index in [0.717, 1.165) is 11.1 Å². The van der Waals surface area contributed by atoms with E-state index < -0.39 is 0 Å². The minimum Gasteiger partial charge on any atom is -0.466 e. The fraction of sp³-hybridized carbons (Fsp3) is 0.312. The topological polar surface area (TPSA) is 35.5 Å². The minimum absolute atomic E-state index is 0.246. The number of carbonyl (C=O) groups is 1. The number of methoxy groups -OCH3 is 1. The van der Waals surface area contributed by atoms with Crippen molar-refractivity contribution >= 4 is 12.0 Å². The average Bonchev–Trinajstić information content (AvgIpc) is 2.79. The van der Waals surface area contributed by atoms with Gasteiger partial charge in [0.2, 0.25) is 0 Å². The second kappa shape index (κ2) is 5.85. The Balaban J connectivity index is 2.19. The largest absolute Gasteiger partial charge is 0.466 e. The van der Waals surface area contributed by atoms with Crippen LogP contribution >= 0.6 is 0 Å². The molecule has 0 spiro atoms. The molecule has 0 saturated carbocycles. The molecule has 0 amide bonds. The van der Waals surface area contributed by atoms with E-state index in [1.54, 1.807) is 0 Å². The van der Waals surface area contributed by atoms with Crippen molar-refractivity contribution in [1.82, 2.24) is 0 Å². The molecular weight excluding hydrogens is 240 g/mol. The van der Waals surface area contributed by atoms with Crippen LogP contribution in [-0.2, 0) is 14.3 Å². The molecule has 1 fully saturated rings. The van der Waals surface area contributed by atoms with Gasteiger partial charge in [0.25, 0.3) is 0 Å². The second-order valence-electron chi connectivity index (χ2n) is 4.85. The van der Waals surface area contributed by atoms with Crippen molar-refractivity contribution in [3.63, 3.8) is 0 Å². The van der Waals surface area contributed by atoms with Crippen molar-refractivity contribution in [1.29, 1.82) is 0 Å². The molecule has 19 heavy (non-hydrogen) atoms. The lowest BCUT2D eigenvalue weighted by atomic mass is 9.84. The maximum absolute atomic E-state index is 11.4. The Bertz CT molecular complexity index is 502. The Morgan fingerprint density at radius 3 is 2.79 bits per heavy atom. The van der Waals surface area contributed by atoms with Gasteiger partial charge in [0.05, 0.1) is 20.3 Å². The summed E-state index contributed by atoms with van der Waals surface area (Å²) >= 11 is 0. The smallest absolute Gasteiger partial charge is 0.330 e. The fourth-order valence-corrected chi connectivity index (χ4v) is 2.04. The third-order valence-electron chi connectivity index (χ3n) is 3.33. The van der Waals surface area contributed by atoms with E-state index in [1.807, 2.05) is 30.3 Å². The van der Waals surface area contributed by atoms with Gasteiger partial charge in [0, 0.05) is 11.5 Å². The van der Waals surface area contributed by atoms with E-state index in [9.17, 15) is 4.79 Å². The molecule has 3 heteroatoms. The monoisotopic (exact) mass is 258 g/mol. The number of carbonyl (C=O) groups excluding carboxylic acids is 1. The van der Waals surface area contributed by atoms with E-state index >= 15 is 0 Å². The van der Waals surface area contributed by atoms with Crippen LogP contribution in [0.3, 0.4) is 0 Å². The zero-order valence-electron chi connectivity index (χ0n) is 11.3. The number of rotatable bonds is 3. The summed E-state index contributed by atoms with van der Waals surface area (Å²) in [4.78, 5) is 11.4. The van der Waals surface area contributed by atoms with Crippen molar-refractivity contribution < 1.29 is 14.3 Å². The summed E-state index contributed by atoms with van der Waals surface area (Å²) in [6.07, 6.45) is 5.67. The highest BCUT2D eigenvalue weighted by atomic mass is 16.5. The first-order valence-electron chi connectivity index (χ1n) is 6.25. The molecule has 1 heterocycles. The zero-order valence-corrected chi connectivity index (χ0v) is 11.3. The van der Waals surface area contributed by atoms with Crippen molar-refractivity contribution in [2.75, 3.05) is 20.3 Å². The van der Waals surface area contributed by atoms with Crippen molar-refractivity contribution in [2.24, 2.45) is 5.41 Å². The lowest BCUT2D eigenvalue weighted by Gasteiger charge is -2.19. The molecule has 0 N–H and O–H groups in total. The zero-order chi connectivity index (χ0) is 13.7. The summed E-state index contributed by atoms with van der Waals surface area (Å²) in [5.41, 5.74) is 1.84. The summed E-state index contributed by atoms with van der Waals surface area (Å²) in [5.74, 6) is -0.333. The highest BCUT2D eigenvalue weighted by molar-refractivity contribution is 5.83. The van der Waals surface area contributed by atoms with Gasteiger partial charge >= 0.3 is 5.97 Å². The predicted octanol–water partition coefficient (Wildman–Crippen LogP) is 2.84. The van der Waals surface area contributed by atoms with Gasteiger partial charge in [-0.3, -0.25) is 0 Å². The molecule has 3 nitrogen and oxygen atoms in total. The standard InChI is InChI=1S/C16H18O3/c1-16(9-8-13-6-4-3-5-7-13)12-19-11-14(16)10-15(17)18-2/h3-10H,11-12H2,1-2H3/b9-8+,14-10+. The molecule has 1 saturated heterocycles. The number of hydrogen-bond donors (Lipinski definition) is 0. The molecule has 0 aliphatic carbocycles. The van der Waals surface area contributed by atoms with Crippen LogP contribution < -0.4 is 0 Å². The Morgan fingerprint density at radius 1 is 1.37 bits per heavy atom. The van der Waals surface area contributed by atoms with Crippen LogP contribution in [0.5, 0.6) is 0 Å². The maximum atomic E-state index is 11.4. The number of esters is 1. The van der Waals surface area contributed by atoms with Gasteiger partial charge in [0.15, 0.2) is 0 Å². The van der Waals surface area contributed by atoms with Crippen LogP contribution in [0.1, 0.15) is 12.5 Å². The van der Waals surface area contributed by atoms with E-state index in [-0.39, 0.29) is 11.4 Å². The van der Waals surface area contributed by atoms with Crippen LogP contribution in [0.2, 0.25) is 0 Å². The summed E-state index contributed by atoms with van der Waals surface area (Å²) < 4.78 is 10.2. The molecule has 1 aliphatic rings. The van der Waals surface area contributed by atoms with E-state index in [0.29, 0.717) is 13.2 Å². The van der Waals surface area contributed by atoms with Crippen molar-refractivity contribution in [3.8, 4) is 0 Å². The number of benzene rings is 1. The first kappa shape index (κ1) is 13.6. The van der Waals surface area contributed by atoms with Crippen LogP contribution in [-0.4, -0.2) is 26.3 Å². The van der Waals surface area contributed by atoms with Gasteiger partial charge in [-0.2, -0.15) is 0 Å². The molecule has 100 valence electrons. The Labute approximate surface area is 113 Å². The molecular formula is C16H18O3. The summed E-state index contributed by atoms with van der Waals surface area (Å²) in [6, 6.07) is 10.1. The Hall–Kier alpha value is -1.87. The quantitative estimate of drug-likeness (QED) is 0.618. The summed E-state index contributed by atoms with van der Waals surface area (Å²) in [7, 11) is 1.38. The first-order chi connectivity index (χ1) is 9.14. The van der Waals surface area contributed by atoms with Gasteiger partial charge in [0.1, 0.15) is 0 Å². The van der Waals surface area contributed by atoms with Gasteiger partial charge in [-0.25, -0.2) is 4.79 Å². The van der Waals surface area contributed by atoms with Gasteiger partial charge in [-0.05, 0) is 18.1 Å². The molecule has 1 aliphatic heterocycles. The second-order valence-corrected chi connectivity index (χ2v) is 4.85. The third kappa shape index (κ3) is 3.32. The van der Waals surface area contributed by atoms with E-state index in [2.05, 4.69) is 23.8 Å². The highest BCUT2D eigenvalue weighted by Gasteiger charge is 2.32. The summed E-state index contributed by atoms with van der Waals surface area (Å²) in [6.45, 7) is 3.12. The van der Waals surface area contributed by atoms with Gasteiger partial charge in [-0.15, -0.1) is 0 Å². The summed E-state index contributed by atoms with van der Waals surface area (Å²) in [5, 5.41) is 0. The molecule has 1 unspecified atom stereocenters.